The van der Waals surface area contributed by atoms with E-state index in [-0.39, 0.29) is 31.1 Å². The number of carboxylic acids is 1. The zero-order valence-corrected chi connectivity index (χ0v) is 16.8. The van der Waals surface area contributed by atoms with Gasteiger partial charge in [0, 0.05) is 36.0 Å². The molecule has 0 heterocycles. The van der Waals surface area contributed by atoms with Crippen LogP contribution in [0.4, 0.5) is 11.4 Å². The van der Waals surface area contributed by atoms with Gasteiger partial charge in [-0.2, -0.15) is 0 Å². The molecule has 0 aliphatic rings. The Bertz CT molecular complexity index is 1050. The van der Waals surface area contributed by atoms with Crippen LogP contribution in [0, 0.1) is 0 Å². The number of anilines is 2. The van der Waals surface area contributed by atoms with Crippen LogP contribution in [0.25, 0.3) is 10.8 Å². The van der Waals surface area contributed by atoms with Crippen LogP contribution in [0.15, 0.2) is 66.7 Å². The molecular weight excluding hydrogens is 380 g/mol. The standard InChI is InChI=1S/C24H24N2O4/c1-2-26(21-10-5-8-17-7-3-4-9-20(17)21)24(30)18-13-15-19(16-14-18)25-22(27)11-6-12-23(28)29/h3-5,7-10,13-16H,2,6,11-12H2,1H3,(H,25,27)(H,28,29). The van der Waals surface area contributed by atoms with Crippen molar-refractivity contribution in [2.45, 2.75) is 26.2 Å². The van der Waals surface area contributed by atoms with Crippen LogP contribution in [0.2, 0.25) is 0 Å². The second-order valence-corrected chi connectivity index (χ2v) is 6.92. The fraction of sp³-hybridized carbons (Fsp3) is 0.208. The van der Waals surface area contributed by atoms with E-state index in [1.807, 2.05) is 49.4 Å². The van der Waals surface area contributed by atoms with Crippen molar-refractivity contribution in [1.29, 1.82) is 0 Å². The average molecular weight is 404 g/mol. The van der Waals surface area contributed by atoms with Crippen molar-refractivity contribution in [1.82, 2.24) is 0 Å². The monoisotopic (exact) mass is 404 g/mol. The van der Waals surface area contributed by atoms with E-state index in [9.17, 15) is 14.4 Å². The molecule has 30 heavy (non-hydrogen) atoms. The first-order chi connectivity index (χ1) is 14.5. The summed E-state index contributed by atoms with van der Waals surface area (Å²) in [6.45, 7) is 2.46. The summed E-state index contributed by atoms with van der Waals surface area (Å²) in [5.41, 5.74) is 1.95. The maximum atomic E-state index is 13.1. The van der Waals surface area contributed by atoms with Gasteiger partial charge in [-0.15, -0.1) is 0 Å². The first-order valence-corrected chi connectivity index (χ1v) is 9.91. The molecule has 2 amide bonds. The van der Waals surface area contributed by atoms with E-state index in [1.165, 1.54) is 0 Å². The number of benzene rings is 3. The number of rotatable bonds is 8. The second kappa shape index (κ2) is 9.69. The minimum atomic E-state index is -0.919. The fourth-order valence-electron chi connectivity index (χ4n) is 3.34. The molecule has 0 aliphatic carbocycles. The lowest BCUT2D eigenvalue weighted by Crippen LogP contribution is -2.30. The summed E-state index contributed by atoms with van der Waals surface area (Å²) < 4.78 is 0. The van der Waals surface area contributed by atoms with Gasteiger partial charge < -0.3 is 15.3 Å². The molecule has 0 atom stereocenters. The number of nitrogens with one attached hydrogen (secondary N) is 1. The molecule has 0 bridgehead atoms. The molecule has 154 valence electrons. The molecule has 6 heteroatoms. The molecule has 0 radical (unpaired) electrons. The van der Waals surface area contributed by atoms with Gasteiger partial charge >= 0.3 is 5.97 Å². The molecule has 2 N–H and O–H groups in total. The highest BCUT2D eigenvalue weighted by molar-refractivity contribution is 6.11. The van der Waals surface area contributed by atoms with Crippen molar-refractivity contribution in [3.63, 3.8) is 0 Å². The molecule has 0 fully saturated rings. The SMILES string of the molecule is CCN(C(=O)c1ccc(NC(=O)CCCC(=O)O)cc1)c1cccc2ccccc12. The number of carbonyl (C=O) groups excluding carboxylic acids is 2. The van der Waals surface area contributed by atoms with Crippen LogP contribution in [0.5, 0.6) is 0 Å². The fourth-order valence-corrected chi connectivity index (χ4v) is 3.34. The van der Waals surface area contributed by atoms with Crippen molar-refractivity contribution in [2.24, 2.45) is 0 Å². The Morgan fingerprint density at radius 2 is 1.60 bits per heavy atom. The second-order valence-electron chi connectivity index (χ2n) is 6.92. The van der Waals surface area contributed by atoms with Gasteiger partial charge in [0.1, 0.15) is 0 Å². The van der Waals surface area contributed by atoms with E-state index in [0.29, 0.717) is 17.8 Å². The highest BCUT2D eigenvalue weighted by Gasteiger charge is 2.18. The number of hydrogen-bond acceptors (Lipinski definition) is 3. The number of hydrogen-bond donors (Lipinski definition) is 2. The van der Waals surface area contributed by atoms with Gasteiger partial charge in [-0.3, -0.25) is 14.4 Å². The topological polar surface area (TPSA) is 86.7 Å². The Kier molecular flexibility index (Phi) is 6.80. The van der Waals surface area contributed by atoms with Crippen molar-refractivity contribution in [2.75, 3.05) is 16.8 Å². The molecule has 0 spiro atoms. The van der Waals surface area contributed by atoms with E-state index in [1.54, 1.807) is 29.2 Å². The predicted molar refractivity (Wildman–Crippen MR) is 118 cm³/mol. The van der Waals surface area contributed by atoms with Crippen LogP contribution in [-0.4, -0.2) is 29.4 Å². The Morgan fingerprint density at radius 1 is 0.900 bits per heavy atom. The molecule has 0 unspecified atom stereocenters. The van der Waals surface area contributed by atoms with Crippen molar-refractivity contribution in [3.05, 3.63) is 72.3 Å². The molecule has 3 aromatic carbocycles. The lowest BCUT2D eigenvalue weighted by Gasteiger charge is -2.23. The van der Waals surface area contributed by atoms with E-state index in [0.717, 1.165) is 16.5 Å². The van der Waals surface area contributed by atoms with Gasteiger partial charge in [0.25, 0.3) is 5.91 Å². The van der Waals surface area contributed by atoms with Gasteiger partial charge in [0.05, 0.1) is 5.69 Å². The zero-order chi connectivity index (χ0) is 21.5. The number of aliphatic carboxylic acids is 1. The average Bonchev–Trinajstić information content (AvgIpc) is 2.74. The van der Waals surface area contributed by atoms with E-state index in [4.69, 9.17) is 5.11 Å². The first-order valence-electron chi connectivity index (χ1n) is 9.91. The maximum absolute atomic E-state index is 13.1. The Labute approximate surface area is 175 Å². The van der Waals surface area contributed by atoms with Crippen LogP contribution in [0.1, 0.15) is 36.5 Å². The van der Waals surface area contributed by atoms with E-state index < -0.39 is 5.97 Å². The normalized spacial score (nSPS) is 10.6. The van der Waals surface area contributed by atoms with Crippen LogP contribution in [-0.2, 0) is 9.59 Å². The first kappa shape index (κ1) is 21.0. The largest absolute Gasteiger partial charge is 0.481 e. The van der Waals surface area contributed by atoms with Crippen molar-refractivity contribution in [3.8, 4) is 0 Å². The maximum Gasteiger partial charge on any atom is 0.303 e. The van der Waals surface area contributed by atoms with Gasteiger partial charge in [-0.1, -0.05) is 36.4 Å². The molecule has 0 aromatic heterocycles. The zero-order valence-electron chi connectivity index (χ0n) is 16.8. The van der Waals surface area contributed by atoms with Gasteiger partial charge in [0.15, 0.2) is 0 Å². The molecule has 3 rings (SSSR count). The van der Waals surface area contributed by atoms with Crippen molar-refractivity contribution < 1.29 is 19.5 Å². The van der Waals surface area contributed by atoms with E-state index >= 15 is 0 Å². The number of fused-ring (bicyclic) bond motifs is 1. The third-order valence-electron chi connectivity index (χ3n) is 4.83. The smallest absolute Gasteiger partial charge is 0.303 e. The summed E-state index contributed by atoms with van der Waals surface area (Å²) in [5.74, 6) is -1.29. The van der Waals surface area contributed by atoms with Gasteiger partial charge in [-0.05, 0) is 49.1 Å². The Hall–Kier alpha value is -3.67. The van der Waals surface area contributed by atoms with Gasteiger partial charge in [0.2, 0.25) is 5.91 Å². The number of nitrogens with zero attached hydrogens (tertiary/aromatic N) is 1. The molecule has 0 saturated carbocycles. The highest BCUT2D eigenvalue weighted by atomic mass is 16.4. The Balaban J connectivity index is 1.72. The summed E-state index contributed by atoms with van der Waals surface area (Å²) in [5, 5.41) is 13.4. The summed E-state index contributed by atoms with van der Waals surface area (Å²) in [4.78, 5) is 37.3. The third kappa shape index (κ3) is 5.03. The minimum Gasteiger partial charge on any atom is -0.481 e. The highest BCUT2D eigenvalue weighted by Crippen LogP contribution is 2.28. The lowest BCUT2D eigenvalue weighted by atomic mass is 10.1. The number of carbonyl (C=O) groups is 3. The van der Waals surface area contributed by atoms with Crippen LogP contribution in [0.3, 0.4) is 0 Å². The summed E-state index contributed by atoms with van der Waals surface area (Å²) in [6.07, 6.45) is 0.383. The Morgan fingerprint density at radius 3 is 2.30 bits per heavy atom. The lowest BCUT2D eigenvalue weighted by molar-refractivity contribution is -0.137. The number of carboxylic acid groups (broad SMARTS) is 1. The van der Waals surface area contributed by atoms with Crippen molar-refractivity contribution >= 4 is 39.9 Å². The predicted octanol–water partition coefficient (Wildman–Crippen LogP) is 4.70. The van der Waals surface area contributed by atoms with Crippen LogP contribution >= 0.6 is 0 Å². The number of amides is 2. The third-order valence-corrected chi connectivity index (χ3v) is 4.83. The van der Waals surface area contributed by atoms with Gasteiger partial charge in [-0.25, -0.2) is 0 Å². The summed E-state index contributed by atoms with van der Waals surface area (Å²) >= 11 is 0. The summed E-state index contributed by atoms with van der Waals surface area (Å²) in [7, 11) is 0. The van der Waals surface area contributed by atoms with E-state index in [2.05, 4.69) is 5.32 Å². The quantitative estimate of drug-likeness (QED) is 0.570. The molecule has 6 nitrogen and oxygen atoms in total. The molecule has 0 saturated heterocycles. The molecular formula is C24H24N2O4. The molecule has 3 aromatic rings. The van der Waals surface area contributed by atoms with Crippen LogP contribution < -0.4 is 10.2 Å². The summed E-state index contributed by atoms with van der Waals surface area (Å²) in [6, 6.07) is 20.6. The molecule has 0 aliphatic heterocycles. The minimum absolute atomic E-state index is 0.0398.